The predicted molar refractivity (Wildman–Crippen MR) is 94.7 cm³/mol. The maximum absolute atomic E-state index is 13.8. The Morgan fingerprint density at radius 3 is 2.41 bits per heavy atom. The van der Waals surface area contributed by atoms with Crippen LogP contribution < -0.4 is 10.1 Å². The third kappa shape index (κ3) is 4.48. The summed E-state index contributed by atoms with van der Waals surface area (Å²) in [4.78, 5) is 12.1. The van der Waals surface area contributed by atoms with Gasteiger partial charge in [0.25, 0.3) is 0 Å². The molecule has 1 aromatic heterocycles. The molecule has 0 aliphatic rings. The number of hydrogen-bond acceptors (Lipinski definition) is 3. The molecule has 0 bridgehead atoms. The molecule has 3 aromatic rings. The molecule has 1 heterocycles. The van der Waals surface area contributed by atoms with Crippen molar-refractivity contribution in [2.24, 2.45) is 7.05 Å². The Morgan fingerprint density at radius 2 is 1.79 bits per heavy atom. The average Bonchev–Trinajstić information content (AvgIpc) is 3.00. The van der Waals surface area contributed by atoms with Crippen LogP contribution in [0.3, 0.4) is 0 Å². The lowest BCUT2D eigenvalue weighted by atomic mass is 10.0. The van der Waals surface area contributed by atoms with Crippen molar-refractivity contribution in [1.82, 2.24) is 9.78 Å². The molecule has 29 heavy (non-hydrogen) atoms. The topological polar surface area (TPSA) is 56.1 Å². The first-order chi connectivity index (χ1) is 13.6. The van der Waals surface area contributed by atoms with Gasteiger partial charge in [0.1, 0.15) is 16.7 Å². The quantitative estimate of drug-likeness (QED) is 0.431. The van der Waals surface area contributed by atoms with Crippen molar-refractivity contribution in [1.29, 1.82) is 0 Å². The van der Waals surface area contributed by atoms with Crippen molar-refractivity contribution >= 4 is 23.4 Å². The van der Waals surface area contributed by atoms with E-state index in [-0.39, 0.29) is 16.8 Å². The summed E-state index contributed by atoms with van der Waals surface area (Å²) < 4.78 is 72.0. The van der Waals surface area contributed by atoms with E-state index < -0.39 is 40.4 Å². The second-order valence-corrected chi connectivity index (χ2v) is 6.21. The molecule has 1 N–H and O–H groups in total. The number of para-hydroxylation sites is 1. The number of carbonyl (C=O) groups is 1. The van der Waals surface area contributed by atoms with Crippen LogP contribution in [0.4, 0.5) is 32.4 Å². The molecule has 0 spiro atoms. The van der Waals surface area contributed by atoms with E-state index in [1.54, 1.807) is 6.07 Å². The van der Waals surface area contributed by atoms with Crippen molar-refractivity contribution in [2.45, 2.75) is 6.18 Å². The number of hydrogen-bond donors (Lipinski definition) is 1. The number of nitrogens with zero attached hydrogens (tertiary/aromatic N) is 2. The maximum atomic E-state index is 13.8. The molecule has 0 atom stereocenters. The van der Waals surface area contributed by atoms with Crippen LogP contribution in [0, 0.1) is 11.6 Å². The first-order valence-corrected chi connectivity index (χ1v) is 8.27. The lowest BCUT2D eigenvalue weighted by molar-refractivity contribution is -0.142. The summed E-state index contributed by atoms with van der Waals surface area (Å²) in [6, 6.07) is 7.80. The number of benzene rings is 2. The molecule has 0 radical (unpaired) electrons. The molecule has 2 aromatic carbocycles. The van der Waals surface area contributed by atoms with E-state index >= 15 is 0 Å². The summed E-state index contributed by atoms with van der Waals surface area (Å²) in [6.07, 6.45) is -5.18. The number of halogens is 6. The Morgan fingerprint density at radius 1 is 1.17 bits per heavy atom. The summed E-state index contributed by atoms with van der Waals surface area (Å²) in [6.45, 7) is 0. The van der Waals surface area contributed by atoms with E-state index in [0.29, 0.717) is 0 Å². The molecule has 3 rings (SSSR count). The predicted octanol–water partition coefficient (Wildman–Crippen LogP) is 5.65. The van der Waals surface area contributed by atoms with E-state index in [1.807, 2.05) is 0 Å². The molecule has 5 nitrogen and oxygen atoms in total. The summed E-state index contributed by atoms with van der Waals surface area (Å²) >= 11 is 5.47. The zero-order valence-electron chi connectivity index (χ0n) is 14.5. The highest BCUT2D eigenvalue weighted by Crippen LogP contribution is 2.35. The van der Waals surface area contributed by atoms with E-state index in [1.165, 1.54) is 25.2 Å². The molecule has 11 heteroatoms. The van der Waals surface area contributed by atoms with Gasteiger partial charge in [-0.2, -0.15) is 18.3 Å². The van der Waals surface area contributed by atoms with E-state index in [2.05, 4.69) is 10.4 Å². The van der Waals surface area contributed by atoms with Crippen LogP contribution in [-0.2, 0) is 13.2 Å². The number of carbonyl (C=O) groups excluding carboxylic acids is 1. The van der Waals surface area contributed by atoms with E-state index in [9.17, 15) is 26.7 Å². The number of rotatable bonds is 3. The smallest absolute Gasteiger partial charge is 0.406 e. The second-order valence-electron chi connectivity index (χ2n) is 5.83. The number of aryl methyl sites for hydroxylation is 1. The zero-order chi connectivity index (χ0) is 21.3. The minimum atomic E-state index is -4.83. The van der Waals surface area contributed by atoms with E-state index in [4.69, 9.17) is 16.3 Å². The molecule has 0 aliphatic carbocycles. The van der Waals surface area contributed by atoms with Gasteiger partial charge in [-0.15, -0.1) is 0 Å². The number of anilines is 1. The summed E-state index contributed by atoms with van der Waals surface area (Å²) in [7, 11) is 1.24. The average molecular weight is 432 g/mol. The maximum Gasteiger partial charge on any atom is 0.438 e. The molecular formula is C18H11ClF5N3O2. The Bertz CT molecular complexity index is 1060. The van der Waals surface area contributed by atoms with Crippen LogP contribution >= 0.6 is 11.6 Å². The normalized spacial score (nSPS) is 11.4. The largest absolute Gasteiger partial charge is 0.438 e. The highest BCUT2D eigenvalue weighted by molar-refractivity contribution is 6.31. The van der Waals surface area contributed by atoms with Gasteiger partial charge in [-0.3, -0.25) is 10.00 Å². The SMILES string of the molecule is Cn1cc(OC(=O)Nc2ccccc2-c2cc(F)c(Cl)c(F)c2)c(C(F)(F)F)n1. The van der Waals surface area contributed by atoms with Crippen LogP contribution in [0.2, 0.25) is 5.02 Å². The Hall–Kier alpha value is -3.14. The van der Waals surface area contributed by atoms with Crippen LogP contribution in [0.5, 0.6) is 5.75 Å². The molecule has 0 saturated heterocycles. The number of ether oxygens (including phenoxy) is 1. The molecule has 0 saturated carbocycles. The molecule has 0 unspecified atom stereocenters. The number of nitrogens with one attached hydrogen (secondary N) is 1. The first-order valence-electron chi connectivity index (χ1n) is 7.90. The number of amides is 1. The summed E-state index contributed by atoms with van der Waals surface area (Å²) in [5, 5.41) is 4.80. The molecule has 0 aliphatic heterocycles. The van der Waals surface area contributed by atoms with Crippen LogP contribution in [-0.4, -0.2) is 15.9 Å². The second kappa shape index (κ2) is 7.70. The zero-order valence-corrected chi connectivity index (χ0v) is 15.3. The van der Waals surface area contributed by atoms with Crippen LogP contribution in [0.25, 0.3) is 11.1 Å². The summed E-state index contributed by atoms with van der Waals surface area (Å²) in [5.41, 5.74) is -1.07. The lowest BCUT2D eigenvalue weighted by Crippen LogP contribution is -2.19. The Balaban J connectivity index is 1.88. The van der Waals surface area contributed by atoms with Crippen molar-refractivity contribution in [3.63, 3.8) is 0 Å². The van der Waals surface area contributed by atoms with Crippen LogP contribution in [0.1, 0.15) is 5.69 Å². The van der Waals surface area contributed by atoms with Gasteiger partial charge in [0.15, 0.2) is 5.75 Å². The fourth-order valence-electron chi connectivity index (χ4n) is 2.53. The van der Waals surface area contributed by atoms with Gasteiger partial charge in [-0.1, -0.05) is 29.8 Å². The molecular weight excluding hydrogens is 421 g/mol. The van der Waals surface area contributed by atoms with Crippen molar-refractivity contribution < 1.29 is 31.5 Å². The molecule has 0 fully saturated rings. The lowest BCUT2D eigenvalue weighted by Gasteiger charge is -2.12. The molecule has 1 amide bonds. The standard InChI is InChI=1S/C18H11ClF5N3O2/c1-27-8-14(16(26-27)18(22,23)24)29-17(28)25-13-5-3-2-4-10(13)9-6-11(20)15(19)12(21)7-9/h2-8H,1H3,(H,25,28). The fourth-order valence-corrected chi connectivity index (χ4v) is 2.64. The van der Waals surface area contributed by atoms with Gasteiger partial charge in [0, 0.05) is 12.6 Å². The molecule has 152 valence electrons. The minimum absolute atomic E-state index is 0.0519. The minimum Gasteiger partial charge on any atom is -0.406 e. The third-order valence-electron chi connectivity index (χ3n) is 3.72. The van der Waals surface area contributed by atoms with Crippen molar-refractivity contribution in [3.8, 4) is 16.9 Å². The van der Waals surface area contributed by atoms with Gasteiger partial charge in [0.2, 0.25) is 5.69 Å². The Labute approximate surface area is 165 Å². The van der Waals surface area contributed by atoms with Crippen molar-refractivity contribution in [3.05, 3.63) is 64.9 Å². The van der Waals surface area contributed by atoms with Gasteiger partial charge in [-0.25, -0.2) is 13.6 Å². The van der Waals surface area contributed by atoms with Gasteiger partial charge in [-0.05, 0) is 23.8 Å². The monoisotopic (exact) mass is 431 g/mol. The van der Waals surface area contributed by atoms with E-state index in [0.717, 1.165) is 23.0 Å². The third-order valence-corrected chi connectivity index (χ3v) is 4.09. The first kappa shape index (κ1) is 20.6. The number of aromatic nitrogens is 2. The Kier molecular flexibility index (Phi) is 5.47. The highest BCUT2D eigenvalue weighted by atomic mass is 35.5. The van der Waals surface area contributed by atoms with Crippen molar-refractivity contribution in [2.75, 3.05) is 5.32 Å². The fraction of sp³-hybridized carbons (Fsp3) is 0.111. The number of alkyl halides is 3. The highest BCUT2D eigenvalue weighted by Gasteiger charge is 2.38. The van der Waals surface area contributed by atoms with Gasteiger partial charge < -0.3 is 4.74 Å². The van der Waals surface area contributed by atoms with Gasteiger partial charge in [0.05, 0.1) is 11.9 Å². The summed E-state index contributed by atoms with van der Waals surface area (Å²) in [5.74, 6) is -2.81. The van der Waals surface area contributed by atoms with Crippen LogP contribution in [0.15, 0.2) is 42.6 Å². The van der Waals surface area contributed by atoms with Gasteiger partial charge >= 0.3 is 12.3 Å².